The molecule has 2 rings (SSSR count). The average Bonchev–Trinajstić information content (AvgIpc) is 2.61. The van der Waals surface area contributed by atoms with E-state index in [0.29, 0.717) is 17.3 Å². The summed E-state index contributed by atoms with van der Waals surface area (Å²) in [5.74, 6) is -0.872. The van der Waals surface area contributed by atoms with Crippen LogP contribution in [0.3, 0.4) is 0 Å². The Morgan fingerprint density at radius 1 is 1.53 bits per heavy atom. The smallest absolute Gasteiger partial charge is 0.313 e. The van der Waals surface area contributed by atoms with Crippen molar-refractivity contribution in [3.8, 4) is 0 Å². The number of hydrogen-bond donors (Lipinski definition) is 0. The van der Waals surface area contributed by atoms with E-state index in [4.69, 9.17) is 4.74 Å². The lowest BCUT2D eigenvalue weighted by atomic mass is 9.76. The number of aliphatic imine (C=N–C) groups is 1. The molecule has 0 radical (unpaired) electrons. The summed E-state index contributed by atoms with van der Waals surface area (Å²) in [5.41, 5.74) is -0.567. The van der Waals surface area contributed by atoms with Gasteiger partial charge in [-0.1, -0.05) is 0 Å². The number of ether oxygens (including phenoxy) is 1. The maximum Gasteiger partial charge on any atom is 0.313 e. The first-order valence-corrected chi connectivity index (χ1v) is 7.14. The zero-order chi connectivity index (χ0) is 14.4. The number of esters is 1. The van der Waals surface area contributed by atoms with Crippen LogP contribution >= 0.6 is 15.9 Å². The molecule has 0 aromatic rings. The topological polar surface area (TPSA) is 55.7 Å². The number of carbonyl (C=O) groups is 2. The van der Waals surface area contributed by atoms with Crippen molar-refractivity contribution < 1.29 is 14.3 Å². The van der Waals surface area contributed by atoms with E-state index in [0.717, 1.165) is 5.71 Å². The standard InChI is InChI=1S/C14H18BrNO3/c1-13(2,3)19-12(18)14(4)6-5-9-10(14)11(17)8(15)7-16-9/h7,10H,5-6H2,1-4H3. The van der Waals surface area contributed by atoms with Gasteiger partial charge in [-0.05, 0) is 56.5 Å². The van der Waals surface area contributed by atoms with Gasteiger partial charge in [-0.3, -0.25) is 14.6 Å². The fourth-order valence-electron chi connectivity index (χ4n) is 2.58. The molecule has 4 nitrogen and oxygen atoms in total. The van der Waals surface area contributed by atoms with E-state index in [-0.39, 0.29) is 11.8 Å². The summed E-state index contributed by atoms with van der Waals surface area (Å²) in [6.45, 7) is 7.29. The number of halogens is 1. The number of allylic oxidation sites excluding steroid dienone is 1. The highest BCUT2D eigenvalue weighted by Gasteiger charge is 2.54. The zero-order valence-corrected chi connectivity index (χ0v) is 13.2. The maximum atomic E-state index is 12.4. The molecule has 0 aromatic carbocycles. The van der Waals surface area contributed by atoms with Gasteiger partial charge in [0.05, 0.1) is 15.8 Å². The van der Waals surface area contributed by atoms with Crippen LogP contribution < -0.4 is 0 Å². The Kier molecular flexibility index (Phi) is 3.45. The van der Waals surface area contributed by atoms with Crippen molar-refractivity contribution in [3.63, 3.8) is 0 Å². The van der Waals surface area contributed by atoms with E-state index < -0.39 is 16.9 Å². The van der Waals surface area contributed by atoms with Crippen LogP contribution in [-0.4, -0.2) is 23.1 Å². The van der Waals surface area contributed by atoms with Gasteiger partial charge in [0.1, 0.15) is 5.60 Å². The van der Waals surface area contributed by atoms with Crippen molar-refractivity contribution in [2.45, 2.75) is 46.1 Å². The third-order valence-corrected chi connectivity index (χ3v) is 4.17. The summed E-state index contributed by atoms with van der Waals surface area (Å²) in [7, 11) is 0. The molecule has 1 saturated carbocycles. The van der Waals surface area contributed by atoms with Crippen LogP contribution in [0.25, 0.3) is 0 Å². The van der Waals surface area contributed by atoms with Gasteiger partial charge >= 0.3 is 5.97 Å². The fourth-order valence-corrected chi connectivity index (χ4v) is 2.91. The molecule has 1 fully saturated rings. The Balaban J connectivity index is 2.31. The van der Waals surface area contributed by atoms with Gasteiger partial charge < -0.3 is 4.74 Å². The van der Waals surface area contributed by atoms with Crippen LogP contribution in [0.2, 0.25) is 0 Å². The SMILES string of the molecule is CC(C)(C)OC(=O)C1(C)CCC2=NC=C(Br)C(=O)C21. The molecule has 1 aliphatic heterocycles. The summed E-state index contributed by atoms with van der Waals surface area (Å²) in [6, 6.07) is 0. The normalized spacial score (nSPS) is 30.6. The number of fused-ring (bicyclic) bond motifs is 1. The van der Waals surface area contributed by atoms with Crippen LogP contribution in [0.1, 0.15) is 40.5 Å². The summed E-state index contributed by atoms with van der Waals surface area (Å²) in [6.07, 6.45) is 2.79. The Morgan fingerprint density at radius 3 is 2.74 bits per heavy atom. The van der Waals surface area contributed by atoms with Crippen molar-refractivity contribution in [3.05, 3.63) is 10.7 Å². The molecule has 2 aliphatic rings. The van der Waals surface area contributed by atoms with Crippen LogP contribution in [0, 0.1) is 11.3 Å². The molecule has 0 N–H and O–H groups in total. The largest absolute Gasteiger partial charge is 0.460 e. The van der Waals surface area contributed by atoms with E-state index in [1.165, 1.54) is 6.20 Å². The van der Waals surface area contributed by atoms with Gasteiger partial charge in [-0.2, -0.15) is 0 Å². The van der Waals surface area contributed by atoms with Crippen LogP contribution in [0.5, 0.6) is 0 Å². The minimum Gasteiger partial charge on any atom is -0.460 e. The number of rotatable bonds is 1. The molecule has 0 amide bonds. The zero-order valence-electron chi connectivity index (χ0n) is 11.6. The predicted octanol–water partition coefficient (Wildman–Crippen LogP) is 3.00. The highest BCUT2D eigenvalue weighted by Crippen LogP contribution is 2.46. The molecule has 2 atom stereocenters. The van der Waals surface area contributed by atoms with Gasteiger partial charge in [0.2, 0.25) is 0 Å². The molecule has 19 heavy (non-hydrogen) atoms. The third-order valence-electron chi connectivity index (χ3n) is 3.58. The van der Waals surface area contributed by atoms with Gasteiger partial charge in [0.15, 0.2) is 5.78 Å². The van der Waals surface area contributed by atoms with E-state index in [2.05, 4.69) is 20.9 Å². The third kappa shape index (κ3) is 2.53. The lowest BCUT2D eigenvalue weighted by Gasteiger charge is -2.32. The number of ketones is 1. The van der Waals surface area contributed by atoms with E-state index in [1.807, 2.05) is 20.8 Å². The van der Waals surface area contributed by atoms with Gasteiger partial charge in [0, 0.05) is 11.9 Å². The van der Waals surface area contributed by atoms with Gasteiger partial charge in [0.25, 0.3) is 0 Å². The molecule has 0 aromatic heterocycles. The lowest BCUT2D eigenvalue weighted by Crippen LogP contribution is -2.43. The van der Waals surface area contributed by atoms with Gasteiger partial charge in [-0.15, -0.1) is 0 Å². The summed E-state index contributed by atoms with van der Waals surface area (Å²) >= 11 is 3.20. The first kappa shape index (κ1) is 14.4. The second-order valence-electron chi connectivity index (χ2n) is 6.31. The van der Waals surface area contributed by atoms with Crippen molar-refractivity contribution in [2.75, 3.05) is 0 Å². The Morgan fingerprint density at radius 2 is 2.16 bits per heavy atom. The van der Waals surface area contributed by atoms with E-state index >= 15 is 0 Å². The van der Waals surface area contributed by atoms with Crippen LogP contribution in [0.4, 0.5) is 0 Å². The molecule has 2 unspecified atom stereocenters. The number of hydrogen-bond acceptors (Lipinski definition) is 4. The minimum atomic E-state index is -0.809. The monoisotopic (exact) mass is 327 g/mol. The van der Waals surface area contributed by atoms with Crippen LogP contribution in [0.15, 0.2) is 15.7 Å². The van der Waals surface area contributed by atoms with E-state index in [9.17, 15) is 9.59 Å². The number of nitrogens with zero attached hydrogens (tertiary/aromatic N) is 1. The molecule has 0 spiro atoms. The highest BCUT2D eigenvalue weighted by atomic mass is 79.9. The number of carbonyl (C=O) groups excluding carboxylic acids is 2. The molecule has 5 heteroatoms. The maximum absolute atomic E-state index is 12.4. The molecule has 1 aliphatic carbocycles. The van der Waals surface area contributed by atoms with Crippen molar-refractivity contribution in [1.82, 2.24) is 0 Å². The predicted molar refractivity (Wildman–Crippen MR) is 76.1 cm³/mol. The molecular formula is C14H18BrNO3. The van der Waals surface area contributed by atoms with Gasteiger partial charge in [-0.25, -0.2) is 0 Å². The second kappa shape index (κ2) is 4.54. The Labute approximate surface area is 121 Å². The fraction of sp³-hybridized carbons (Fsp3) is 0.643. The molecule has 0 bridgehead atoms. The quantitative estimate of drug-likeness (QED) is 0.695. The summed E-state index contributed by atoms with van der Waals surface area (Å²) in [4.78, 5) is 29.0. The minimum absolute atomic E-state index is 0.0733. The Bertz CT molecular complexity index is 501. The molecule has 1 heterocycles. The molecule has 104 valence electrons. The first-order chi connectivity index (χ1) is 8.65. The Hall–Kier alpha value is -0.970. The lowest BCUT2D eigenvalue weighted by molar-refractivity contribution is -0.169. The number of Topliss-reactive ketones (excluding diaryl/α,β-unsaturated/α-hetero) is 1. The average molecular weight is 328 g/mol. The summed E-state index contributed by atoms with van der Waals surface area (Å²) in [5, 5.41) is 0. The molecular weight excluding hydrogens is 310 g/mol. The highest BCUT2D eigenvalue weighted by molar-refractivity contribution is 9.12. The van der Waals surface area contributed by atoms with E-state index in [1.54, 1.807) is 6.92 Å². The molecule has 0 saturated heterocycles. The van der Waals surface area contributed by atoms with Crippen LogP contribution in [-0.2, 0) is 14.3 Å². The van der Waals surface area contributed by atoms with Crippen molar-refractivity contribution in [1.29, 1.82) is 0 Å². The van der Waals surface area contributed by atoms with Crippen molar-refractivity contribution in [2.24, 2.45) is 16.3 Å². The van der Waals surface area contributed by atoms with Crippen molar-refractivity contribution >= 4 is 33.4 Å². The summed E-state index contributed by atoms with van der Waals surface area (Å²) < 4.78 is 5.90. The first-order valence-electron chi connectivity index (χ1n) is 6.35. The second-order valence-corrected chi connectivity index (χ2v) is 7.17.